The average molecular weight is 254 g/mol. The second-order valence-corrected chi connectivity index (χ2v) is 5.56. The fourth-order valence-electron chi connectivity index (χ4n) is 1.35. The van der Waals surface area contributed by atoms with E-state index in [-0.39, 0.29) is 0 Å². The highest BCUT2D eigenvalue weighted by Gasteiger charge is 2.27. The van der Waals surface area contributed by atoms with E-state index in [1.54, 1.807) is 0 Å². The van der Waals surface area contributed by atoms with E-state index < -0.39 is 11.5 Å². The second kappa shape index (κ2) is 5.51. The van der Waals surface area contributed by atoms with Crippen LogP contribution in [0.3, 0.4) is 0 Å². The van der Waals surface area contributed by atoms with Crippen molar-refractivity contribution in [1.82, 2.24) is 4.98 Å². The van der Waals surface area contributed by atoms with Gasteiger partial charge >= 0.3 is 5.97 Å². The maximum absolute atomic E-state index is 10.8. The third-order valence-electron chi connectivity index (χ3n) is 2.43. The first kappa shape index (κ1) is 14.0. The summed E-state index contributed by atoms with van der Waals surface area (Å²) in [6.07, 6.45) is 0.418. The summed E-state index contributed by atoms with van der Waals surface area (Å²) in [6, 6.07) is 4.00. The minimum atomic E-state index is -1.16. The van der Waals surface area contributed by atoms with E-state index in [2.05, 4.69) is 4.98 Å². The van der Waals surface area contributed by atoms with Gasteiger partial charge < -0.3 is 10.8 Å². The molecule has 0 saturated carbocycles. The van der Waals surface area contributed by atoms with Crippen molar-refractivity contribution in [1.29, 1.82) is 0 Å². The van der Waals surface area contributed by atoms with Gasteiger partial charge in [-0.2, -0.15) is 0 Å². The number of nitrogens with two attached hydrogens (primary N) is 1. The number of rotatable bonds is 5. The van der Waals surface area contributed by atoms with Crippen LogP contribution in [0.25, 0.3) is 0 Å². The second-order valence-electron chi connectivity index (χ2n) is 4.45. The smallest absolute Gasteiger partial charge is 0.323 e. The fraction of sp³-hybridized carbons (Fsp3) is 0.500. The maximum atomic E-state index is 10.8. The molecule has 0 aromatic carbocycles. The van der Waals surface area contributed by atoms with Gasteiger partial charge in [0.15, 0.2) is 0 Å². The summed E-state index contributed by atoms with van der Waals surface area (Å²) in [4.78, 5) is 15.2. The monoisotopic (exact) mass is 254 g/mol. The zero-order chi connectivity index (χ0) is 13.1. The number of carbonyl (C=O) groups is 1. The molecule has 3 N–H and O–H groups in total. The van der Waals surface area contributed by atoms with Gasteiger partial charge in [0.2, 0.25) is 0 Å². The van der Waals surface area contributed by atoms with Gasteiger partial charge in [0, 0.05) is 11.4 Å². The Hall–Kier alpha value is -1.07. The maximum Gasteiger partial charge on any atom is 0.323 e. The normalized spacial score (nSPS) is 14.4. The van der Waals surface area contributed by atoms with E-state index in [1.165, 1.54) is 18.7 Å². The molecule has 1 heterocycles. The molecule has 17 heavy (non-hydrogen) atoms. The largest absolute Gasteiger partial charge is 0.480 e. The highest BCUT2D eigenvalue weighted by atomic mass is 32.2. The molecule has 0 bridgehead atoms. The predicted octanol–water partition coefficient (Wildman–Crippen LogP) is 1.98. The van der Waals surface area contributed by atoms with Crippen molar-refractivity contribution >= 4 is 17.7 Å². The number of aromatic nitrogens is 1. The van der Waals surface area contributed by atoms with Crippen molar-refractivity contribution in [3.63, 3.8) is 0 Å². The number of aliphatic carboxylic acids is 1. The number of nitrogens with zero attached hydrogens (tertiary/aromatic N) is 1. The molecule has 1 rings (SSSR count). The van der Waals surface area contributed by atoms with Crippen molar-refractivity contribution in [2.75, 3.05) is 5.75 Å². The highest BCUT2D eigenvalue weighted by Crippen LogP contribution is 2.21. The lowest BCUT2D eigenvalue weighted by molar-refractivity contribution is -0.142. The summed E-state index contributed by atoms with van der Waals surface area (Å²) in [5.41, 5.74) is 6.62. The summed E-state index contributed by atoms with van der Waals surface area (Å²) >= 11 is 1.54. The van der Waals surface area contributed by atoms with Gasteiger partial charge in [0.25, 0.3) is 0 Å². The van der Waals surface area contributed by atoms with Gasteiger partial charge in [-0.3, -0.25) is 4.79 Å². The summed E-state index contributed by atoms with van der Waals surface area (Å²) in [6.45, 7) is 5.50. The van der Waals surface area contributed by atoms with Gasteiger partial charge in [-0.1, -0.05) is 0 Å². The Morgan fingerprint density at radius 3 is 2.71 bits per heavy atom. The predicted molar refractivity (Wildman–Crippen MR) is 69.3 cm³/mol. The van der Waals surface area contributed by atoms with Crippen LogP contribution in [0.4, 0.5) is 0 Å². The minimum Gasteiger partial charge on any atom is -0.480 e. The molecule has 0 spiro atoms. The van der Waals surface area contributed by atoms with E-state index in [1.807, 2.05) is 26.0 Å². The summed E-state index contributed by atoms with van der Waals surface area (Å²) in [7, 11) is 0. The van der Waals surface area contributed by atoms with E-state index >= 15 is 0 Å². The molecular formula is C12H18N2O2S. The SMILES string of the molecule is Cc1cc(C)nc(SCCC(C)(N)C(=O)O)c1. The Labute approximate surface area is 106 Å². The first-order chi connectivity index (χ1) is 7.81. The summed E-state index contributed by atoms with van der Waals surface area (Å²) in [5, 5.41) is 9.80. The van der Waals surface area contributed by atoms with Crippen LogP contribution in [0, 0.1) is 13.8 Å². The minimum absolute atomic E-state index is 0.418. The van der Waals surface area contributed by atoms with Crippen LogP contribution < -0.4 is 5.73 Å². The van der Waals surface area contributed by atoms with E-state index in [0.717, 1.165) is 16.3 Å². The number of thioether (sulfide) groups is 1. The van der Waals surface area contributed by atoms with Crippen LogP contribution in [-0.2, 0) is 4.79 Å². The zero-order valence-electron chi connectivity index (χ0n) is 10.4. The van der Waals surface area contributed by atoms with Crippen molar-refractivity contribution in [2.24, 2.45) is 5.73 Å². The number of carboxylic acid groups (broad SMARTS) is 1. The first-order valence-electron chi connectivity index (χ1n) is 5.41. The molecule has 0 saturated heterocycles. The molecule has 0 amide bonds. The quantitative estimate of drug-likeness (QED) is 0.786. The third-order valence-corrected chi connectivity index (χ3v) is 3.35. The topological polar surface area (TPSA) is 76.2 Å². The molecule has 1 unspecified atom stereocenters. The molecule has 0 aliphatic carbocycles. The van der Waals surface area contributed by atoms with Crippen LogP contribution in [0.2, 0.25) is 0 Å². The zero-order valence-corrected chi connectivity index (χ0v) is 11.2. The van der Waals surface area contributed by atoms with E-state index in [9.17, 15) is 4.79 Å². The van der Waals surface area contributed by atoms with Crippen molar-refractivity contribution in [3.8, 4) is 0 Å². The Bertz CT molecular complexity index is 399. The molecule has 5 heteroatoms. The molecular weight excluding hydrogens is 236 g/mol. The van der Waals surface area contributed by atoms with Gasteiger partial charge in [0.05, 0.1) is 5.03 Å². The van der Waals surface area contributed by atoms with Crippen LogP contribution >= 0.6 is 11.8 Å². The van der Waals surface area contributed by atoms with Crippen LogP contribution in [-0.4, -0.2) is 27.4 Å². The van der Waals surface area contributed by atoms with Gasteiger partial charge in [-0.05, 0) is 44.9 Å². The lowest BCUT2D eigenvalue weighted by Gasteiger charge is -2.18. The van der Waals surface area contributed by atoms with Crippen molar-refractivity contribution in [3.05, 3.63) is 23.4 Å². The Kier molecular flexibility index (Phi) is 4.54. The Morgan fingerprint density at radius 2 is 2.18 bits per heavy atom. The molecule has 1 aromatic rings. The number of carboxylic acids is 1. The number of hydrogen-bond donors (Lipinski definition) is 2. The van der Waals surface area contributed by atoms with Crippen molar-refractivity contribution in [2.45, 2.75) is 37.8 Å². The van der Waals surface area contributed by atoms with Gasteiger partial charge in [-0.25, -0.2) is 4.98 Å². The number of hydrogen-bond acceptors (Lipinski definition) is 4. The van der Waals surface area contributed by atoms with E-state index in [4.69, 9.17) is 10.8 Å². The Morgan fingerprint density at radius 1 is 1.53 bits per heavy atom. The average Bonchev–Trinajstić information content (AvgIpc) is 2.15. The van der Waals surface area contributed by atoms with Gasteiger partial charge in [0.1, 0.15) is 5.54 Å². The number of aryl methyl sites for hydroxylation is 2. The van der Waals surface area contributed by atoms with Crippen LogP contribution in [0.5, 0.6) is 0 Å². The third kappa shape index (κ3) is 4.36. The van der Waals surface area contributed by atoms with Crippen LogP contribution in [0.15, 0.2) is 17.2 Å². The van der Waals surface area contributed by atoms with E-state index in [0.29, 0.717) is 12.2 Å². The molecule has 0 aliphatic rings. The molecule has 94 valence electrons. The van der Waals surface area contributed by atoms with Gasteiger partial charge in [-0.15, -0.1) is 11.8 Å². The Balaban J connectivity index is 2.54. The summed E-state index contributed by atoms with van der Waals surface area (Å²) < 4.78 is 0. The molecule has 1 atom stereocenters. The molecule has 4 nitrogen and oxygen atoms in total. The van der Waals surface area contributed by atoms with Crippen LogP contribution in [0.1, 0.15) is 24.6 Å². The molecule has 0 aliphatic heterocycles. The molecule has 0 fully saturated rings. The fourth-order valence-corrected chi connectivity index (χ4v) is 2.57. The molecule has 0 radical (unpaired) electrons. The summed E-state index contributed by atoms with van der Waals surface area (Å²) in [5.74, 6) is -0.318. The lowest BCUT2D eigenvalue weighted by Crippen LogP contribution is -2.45. The molecule has 1 aromatic heterocycles. The van der Waals surface area contributed by atoms with Crippen molar-refractivity contribution < 1.29 is 9.90 Å². The highest BCUT2D eigenvalue weighted by molar-refractivity contribution is 7.99. The number of pyridine rings is 1. The lowest BCUT2D eigenvalue weighted by atomic mass is 10.0. The first-order valence-corrected chi connectivity index (χ1v) is 6.40. The standard InChI is InChI=1S/C12H18N2O2S/c1-8-6-9(2)14-10(7-8)17-5-4-12(3,13)11(15)16/h6-7H,4-5,13H2,1-3H3,(H,15,16).